The van der Waals surface area contributed by atoms with E-state index < -0.39 is 0 Å². The first-order valence-electron chi connectivity index (χ1n) is 6.15. The van der Waals surface area contributed by atoms with Crippen molar-refractivity contribution in [1.82, 2.24) is 5.32 Å². The molecule has 0 radical (unpaired) electrons. The number of aryl methyl sites for hydroxylation is 1. The molecule has 0 bridgehead atoms. The minimum Gasteiger partial charge on any atom is -0.310 e. The molecule has 1 aliphatic carbocycles. The van der Waals surface area contributed by atoms with Gasteiger partial charge in [0.1, 0.15) is 0 Å². The number of halogens is 1. The van der Waals surface area contributed by atoms with Gasteiger partial charge in [0, 0.05) is 17.6 Å². The quantitative estimate of drug-likeness (QED) is 0.837. The first kappa shape index (κ1) is 11.9. The molecule has 0 aromatic heterocycles. The van der Waals surface area contributed by atoms with Gasteiger partial charge in [-0.3, -0.25) is 0 Å². The fourth-order valence-electron chi connectivity index (χ4n) is 2.17. The SMILES string of the molecule is Cc1ccc(CNC(C)C2CCC2)c(Cl)c1. The van der Waals surface area contributed by atoms with Crippen LogP contribution in [0, 0.1) is 12.8 Å². The molecule has 1 N–H and O–H groups in total. The molecule has 1 atom stereocenters. The topological polar surface area (TPSA) is 12.0 Å². The lowest BCUT2D eigenvalue weighted by atomic mass is 9.80. The van der Waals surface area contributed by atoms with E-state index in [0.29, 0.717) is 6.04 Å². The van der Waals surface area contributed by atoms with E-state index in [1.54, 1.807) is 0 Å². The molecule has 1 aromatic carbocycles. The summed E-state index contributed by atoms with van der Waals surface area (Å²) in [4.78, 5) is 0. The Morgan fingerprint density at radius 2 is 2.19 bits per heavy atom. The Hall–Kier alpha value is -0.530. The average molecular weight is 238 g/mol. The van der Waals surface area contributed by atoms with E-state index in [9.17, 15) is 0 Å². The Morgan fingerprint density at radius 3 is 2.75 bits per heavy atom. The van der Waals surface area contributed by atoms with Crippen LogP contribution in [-0.4, -0.2) is 6.04 Å². The molecule has 1 aliphatic rings. The second kappa shape index (κ2) is 5.20. The molecule has 2 rings (SSSR count). The van der Waals surface area contributed by atoms with E-state index in [2.05, 4.69) is 31.3 Å². The van der Waals surface area contributed by atoms with Crippen LogP contribution in [0.25, 0.3) is 0 Å². The predicted molar refractivity (Wildman–Crippen MR) is 69.8 cm³/mol. The summed E-state index contributed by atoms with van der Waals surface area (Å²) in [5, 5.41) is 4.46. The number of rotatable bonds is 4. The third kappa shape index (κ3) is 2.78. The van der Waals surface area contributed by atoms with Gasteiger partial charge in [-0.2, -0.15) is 0 Å². The molecule has 0 saturated heterocycles. The Kier molecular flexibility index (Phi) is 3.88. The zero-order chi connectivity index (χ0) is 11.5. The van der Waals surface area contributed by atoms with E-state index >= 15 is 0 Å². The van der Waals surface area contributed by atoms with Crippen LogP contribution in [0.5, 0.6) is 0 Å². The monoisotopic (exact) mass is 237 g/mol. The minimum absolute atomic E-state index is 0.617. The maximum atomic E-state index is 6.20. The summed E-state index contributed by atoms with van der Waals surface area (Å²) in [6.07, 6.45) is 4.17. The summed E-state index contributed by atoms with van der Waals surface area (Å²) >= 11 is 6.20. The average Bonchev–Trinajstić information content (AvgIpc) is 2.13. The lowest BCUT2D eigenvalue weighted by molar-refractivity contribution is 0.240. The lowest BCUT2D eigenvalue weighted by Gasteiger charge is -2.32. The van der Waals surface area contributed by atoms with Gasteiger partial charge in [0.25, 0.3) is 0 Å². The molecule has 16 heavy (non-hydrogen) atoms. The molecule has 0 amide bonds. The first-order chi connectivity index (χ1) is 7.66. The second-order valence-electron chi connectivity index (χ2n) is 4.96. The number of nitrogens with one attached hydrogen (secondary N) is 1. The summed E-state index contributed by atoms with van der Waals surface area (Å²) in [5.41, 5.74) is 2.43. The van der Waals surface area contributed by atoms with Gasteiger partial charge < -0.3 is 5.32 Å². The lowest BCUT2D eigenvalue weighted by Crippen LogP contribution is -2.36. The predicted octanol–water partition coefficient (Wildman–Crippen LogP) is 3.93. The van der Waals surface area contributed by atoms with Gasteiger partial charge in [-0.1, -0.05) is 30.2 Å². The van der Waals surface area contributed by atoms with Crippen LogP contribution in [0.3, 0.4) is 0 Å². The molecule has 88 valence electrons. The van der Waals surface area contributed by atoms with Crippen LogP contribution < -0.4 is 5.32 Å². The van der Waals surface area contributed by atoms with Gasteiger partial charge in [0.15, 0.2) is 0 Å². The van der Waals surface area contributed by atoms with Crippen LogP contribution in [0.15, 0.2) is 18.2 Å². The zero-order valence-corrected chi connectivity index (χ0v) is 10.8. The highest BCUT2D eigenvalue weighted by Gasteiger charge is 2.23. The molecule has 1 unspecified atom stereocenters. The van der Waals surface area contributed by atoms with E-state index in [4.69, 9.17) is 11.6 Å². The van der Waals surface area contributed by atoms with Crippen molar-refractivity contribution in [3.8, 4) is 0 Å². The fourth-order valence-corrected chi connectivity index (χ4v) is 2.48. The van der Waals surface area contributed by atoms with E-state index in [0.717, 1.165) is 17.5 Å². The molecule has 1 nitrogen and oxygen atoms in total. The van der Waals surface area contributed by atoms with Gasteiger partial charge in [-0.15, -0.1) is 0 Å². The van der Waals surface area contributed by atoms with Crippen molar-refractivity contribution in [2.75, 3.05) is 0 Å². The van der Waals surface area contributed by atoms with Crippen molar-refractivity contribution in [1.29, 1.82) is 0 Å². The molecule has 0 heterocycles. The first-order valence-corrected chi connectivity index (χ1v) is 6.53. The molecule has 0 aliphatic heterocycles. The summed E-state index contributed by atoms with van der Waals surface area (Å²) < 4.78 is 0. The number of hydrogen-bond acceptors (Lipinski definition) is 1. The molecule has 1 fully saturated rings. The van der Waals surface area contributed by atoms with Crippen LogP contribution in [0.1, 0.15) is 37.3 Å². The highest BCUT2D eigenvalue weighted by atomic mass is 35.5. The van der Waals surface area contributed by atoms with E-state index in [-0.39, 0.29) is 0 Å². The smallest absolute Gasteiger partial charge is 0.0453 e. The number of hydrogen-bond donors (Lipinski definition) is 1. The van der Waals surface area contributed by atoms with Crippen molar-refractivity contribution in [2.24, 2.45) is 5.92 Å². The summed E-state index contributed by atoms with van der Waals surface area (Å²) in [7, 11) is 0. The fraction of sp³-hybridized carbons (Fsp3) is 0.571. The standard InChI is InChI=1S/C14H20ClN/c1-10-6-7-13(14(15)8-10)9-16-11(2)12-4-3-5-12/h6-8,11-12,16H,3-5,9H2,1-2H3. The van der Waals surface area contributed by atoms with Gasteiger partial charge >= 0.3 is 0 Å². The van der Waals surface area contributed by atoms with Crippen molar-refractivity contribution in [3.63, 3.8) is 0 Å². The Balaban J connectivity index is 1.88. The van der Waals surface area contributed by atoms with Crippen molar-refractivity contribution < 1.29 is 0 Å². The molecule has 0 spiro atoms. The minimum atomic E-state index is 0.617. The van der Waals surface area contributed by atoms with Crippen LogP contribution >= 0.6 is 11.6 Å². The molecule has 1 saturated carbocycles. The highest BCUT2D eigenvalue weighted by Crippen LogP contribution is 2.29. The maximum absolute atomic E-state index is 6.20. The molecule has 2 heteroatoms. The molecular formula is C14H20ClN. The van der Waals surface area contributed by atoms with Crippen LogP contribution in [0.2, 0.25) is 5.02 Å². The van der Waals surface area contributed by atoms with E-state index in [1.807, 2.05) is 6.07 Å². The number of benzene rings is 1. The normalized spacial score (nSPS) is 18.2. The highest BCUT2D eigenvalue weighted by molar-refractivity contribution is 6.31. The van der Waals surface area contributed by atoms with Crippen LogP contribution in [0.4, 0.5) is 0 Å². The van der Waals surface area contributed by atoms with E-state index in [1.165, 1.54) is 30.4 Å². The Bertz CT molecular complexity index is 358. The Labute approximate surface area is 103 Å². The molecular weight excluding hydrogens is 218 g/mol. The van der Waals surface area contributed by atoms with Crippen molar-refractivity contribution >= 4 is 11.6 Å². The third-order valence-electron chi connectivity index (χ3n) is 3.68. The largest absolute Gasteiger partial charge is 0.310 e. The zero-order valence-electron chi connectivity index (χ0n) is 10.1. The van der Waals surface area contributed by atoms with Crippen molar-refractivity contribution in [3.05, 3.63) is 34.3 Å². The summed E-state index contributed by atoms with van der Waals surface area (Å²) in [5.74, 6) is 0.879. The Morgan fingerprint density at radius 1 is 1.44 bits per heavy atom. The second-order valence-corrected chi connectivity index (χ2v) is 5.36. The maximum Gasteiger partial charge on any atom is 0.0453 e. The van der Waals surface area contributed by atoms with Crippen molar-refractivity contribution in [2.45, 2.75) is 45.7 Å². The van der Waals surface area contributed by atoms with Gasteiger partial charge in [-0.25, -0.2) is 0 Å². The van der Waals surface area contributed by atoms with Gasteiger partial charge in [-0.05, 0) is 49.8 Å². The van der Waals surface area contributed by atoms with Crippen LogP contribution in [-0.2, 0) is 6.54 Å². The van der Waals surface area contributed by atoms with Gasteiger partial charge in [0.2, 0.25) is 0 Å². The summed E-state index contributed by atoms with van der Waals surface area (Å²) in [6.45, 7) is 5.24. The van der Waals surface area contributed by atoms with Gasteiger partial charge in [0.05, 0.1) is 0 Å². The molecule has 1 aromatic rings. The third-order valence-corrected chi connectivity index (χ3v) is 4.03. The summed E-state index contributed by atoms with van der Waals surface area (Å²) in [6, 6.07) is 6.90.